The maximum atomic E-state index is 8.82. The molecule has 0 aromatic carbocycles. The standard InChI is InChI=1S/C11H16N4O/c1-9(2)15(6-3-7-16)11-13-5-4-10(8-12)14-11/h4-5,9,16H,3,6-7H2,1-2H3. The molecule has 0 saturated heterocycles. The maximum absolute atomic E-state index is 8.82. The number of aromatic nitrogens is 2. The van der Waals surface area contributed by atoms with Crippen molar-refractivity contribution in [3.63, 3.8) is 0 Å². The van der Waals surface area contributed by atoms with Crippen molar-refractivity contribution in [1.29, 1.82) is 5.26 Å². The lowest BCUT2D eigenvalue weighted by Gasteiger charge is -2.26. The number of nitrogens with zero attached hydrogens (tertiary/aromatic N) is 4. The average Bonchev–Trinajstić information content (AvgIpc) is 2.29. The minimum Gasteiger partial charge on any atom is -0.396 e. The molecule has 0 spiro atoms. The van der Waals surface area contributed by atoms with Crippen LogP contribution in [0.15, 0.2) is 12.3 Å². The highest BCUT2D eigenvalue weighted by Crippen LogP contribution is 2.11. The van der Waals surface area contributed by atoms with Crippen LogP contribution in [0.25, 0.3) is 0 Å². The Balaban J connectivity index is 2.88. The highest BCUT2D eigenvalue weighted by atomic mass is 16.3. The molecule has 0 atom stereocenters. The lowest BCUT2D eigenvalue weighted by molar-refractivity contribution is 0.288. The van der Waals surface area contributed by atoms with Gasteiger partial charge in [0.25, 0.3) is 0 Å². The van der Waals surface area contributed by atoms with Crippen LogP contribution in [0.4, 0.5) is 5.95 Å². The smallest absolute Gasteiger partial charge is 0.226 e. The van der Waals surface area contributed by atoms with Gasteiger partial charge in [0.05, 0.1) is 0 Å². The first kappa shape index (κ1) is 12.4. The molecular formula is C11H16N4O. The number of aliphatic hydroxyl groups excluding tert-OH is 1. The largest absolute Gasteiger partial charge is 0.396 e. The van der Waals surface area contributed by atoms with Gasteiger partial charge in [0, 0.05) is 25.4 Å². The molecule has 0 amide bonds. The number of aliphatic hydroxyl groups is 1. The van der Waals surface area contributed by atoms with Gasteiger partial charge in [-0.2, -0.15) is 5.26 Å². The molecule has 0 aliphatic heterocycles. The summed E-state index contributed by atoms with van der Waals surface area (Å²) < 4.78 is 0. The van der Waals surface area contributed by atoms with Crippen LogP contribution >= 0.6 is 0 Å². The monoisotopic (exact) mass is 220 g/mol. The van der Waals surface area contributed by atoms with Crippen molar-refractivity contribution in [2.45, 2.75) is 26.3 Å². The van der Waals surface area contributed by atoms with Crippen LogP contribution in [0, 0.1) is 11.3 Å². The van der Waals surface area contributed by atoms with Crippen LogP contribution in [-0.2, 0) is 0 Å². The number of hydrogen-bond acceptors (Lipinski definition) is 5. The summed E-state index contributed by atoms with van der Waals surface area (Å²) in [5, 5.41) is 17.6. The number of hydrogen-bond donors (Lipinski definition) is 1. The summed E-state index contributed by atoms with van der Waals surface area (Å²) in [6, 6.07) is 3.80. The van der Waals surface area contributed by atoms with Crippen molar-refractivity contribution >= 4 is 5.95 Å². The van der Waals surface area contributed by atoms with Crippen LogP contribution < -0.4 is 4.90 Å². The third-order valence-corrected chi connectivity index (χ3v) is 2.19. The molecule has 86 valence electrons. The molecule has 0 fully saturated rings. The van der Waals surface area contributed by atoms with E-state index < -0.39 is 0 Å². The topological polar surface area (TPSA) is 73.0 Å². The van der Waals surface area contributed by atoms with Crippen molar-refractivity contribution in [3.05, 3.63) is 18.0 Å². The van der Waals surface area contributed by atoms with E-state index in [4.69, 9.17) is 10.4 Å². The fourth-order valence-corrected chi connectivity index (χ4v) is 1.38. The van der Waals surface area contributed by atoms with Crippen LogP contribution in [0.1, 0.15) is 26.0 Å². The van der Waals surface area contributed by atoms with E-state index in [9.17, 15) is 0 Å². The van der Waals surface area contributed by atoms with Crippen molar-refractivity contribution in [3.8, 4) is 6.07 Å². The second-order valence-corrected chi connectivity index (χ2v) is 3.72. The molecule has 1 N–H and O–H groups in total. The zero-order valence-electron chi connectivity index (χ0n) is 9.59. The third kappa shape index (κ3) is 3.17. The van der Waals surface area contributed by atoms with Crippen LogP contribution in [0.2, 0.25) is 0 Å². The van der Waals surface area contributed by atoms with E-state index in [2.05, 4.69) is 9.97 Å². The first-order valence-electron chi connectivity index (χ1n) is 5.29. The Kier molecular flexibility index (Phi) is 4.67. The number of anilines is 1. The normalized spacial score (nSPS) is 10.2. The zero-order chi connectivity index (χ0) is 12.0. The van der Waals surface area contributed by atoms with E-state index in [-0.39, 0.29) is 12.6 Å². The molecule has 5 heteroatoms. The van der Waals surface area contributed by atoms with E-state index in [1.165, 1.54) is 0 Å². The summed E-state index contributed by atoms with van der Waals surface area (Å²) in [5.41, 5.74) is 0.361. The quantitative estimate of drug-likeness (QED) is 0.799. The molecule has 16 heavy (non-hydrogen) atoms. The summed E-state index contributed by atoms with van der Waals surface area (Å²) in [6.07, 6.45) is 2.24. The van der Waals surface area contributed by atoms with Gasteiger partial charge in [-0.15, -0.1) is 0 Å². The number of rotatable bonds is 5. The molecule has 0 radical (unpaired) electrons. The van der Waals surface area contributed by atoms with E-state index >= 15 is 0 Å². The molecule has 1 aromatic rings. The third-order valence-electron chi connectivity index (χ3n) is 2.19. The van der Waals surface area contributed by atoms with Gasteiger partial charge in [-0.25, -0.2) is 9.97 Å². The van der Waals surface area contributed by atoms with Gasteiger partial charge in [-0.1, -0.05) is 0 Å². The lowest BCUT2D eigenvalue weighted by Crippen LogP contribution is -2.33. The van der Waals surface area contributed by atoms with Crippen molar-refractivity contribution < 1.29 is 5.11 Å². The van der Waals surface area contributed by atoms with Crippen molar-refractivity contribution in [1.82, 2.24) is 9.97 Å². The van der Waals surface area contributed by atoms with E-state index in [1.54, 1.807) is 12.3 Å². The van der Waals surface area contributed by atoms with Gasteiger partial charge in [0.1, 0.15) is 11.8 Å². The highest BCUT2D eigenvalue weighted by molar-refractivity contribution is 5.34. The molecule has 0 aliphatic rings. The second-order valence-electron chi connectivity index (χ2n) is 3.72. The molecule has 1 heterocycles. The molecule has 0 unspecified atom stereocenters. The van der Waals surface area contributed by atoms with Crippen molar-refractivity contribution in [2.24, 2.45) is 0 Å². The first-order valence-corrected chi connectivity index (χ1v) is 5.29. The second kappa shape index (κ2) is 6.03. The molecule has 1 rings (SSSR count). The average molecular weight is 220 g/mol. The maximum Gasteiger partial charge on any atom is 0.226 e. The predicted molar refractivity (Wildman–Crippen MR) is 60.9 cm³/mol. The van der Waals surface area contributed by atoms with Gasteiger partial charge >= 0.3 is 0 Å². The number of nitriles is 1. The Morgan fingerprint density at radius 1 is 1.56 bits per heavy atom. The van der Waals surface area contributed by atoms with E-state index in [0.717, 1.165) is 0 Å². The summed E-state index contributed by atoms with van der Waals surface area (Å²) in [5.74, 6) is 0.544. The molecule has 0 bridgehead atoms. The van der Waals surface area contributed by atoms with Gasteiger partial charge < -0.3 is 10.0 Å². The van der Waals surface area contributed by atoms with E-state index in [0.29, 0.717) is 24.6 Å². The van der Waals surface area contributed by atoms with Gasteiger partial charge in [-0.05, 0) is 26.3 Å². The van der Waals surface area contributed by atoms with Gasteiger partial charge in [0.2, 0.25) is 5.95 Å². The zero-order valence-corrected chi connectivity index (χ0v) is 9.59. The molecule has 1 aromatic heterocycles. The lowest BCUT2D eigenvalue weighted by atomic mass is 10.3. The van der Waals surface area contributed by atoms with Crippen LogP contribution in [-0.4, -0.2) is 34.3 Å². The minimum absolute atomic E-state index is 0.140. The Morgan fingerprint density at radius 3 is 2.88 bits per heavy atom. The van der Waals surface area contributed by atoms with Crippen LogP contribution in [0.3, 0.4) is 0 Å². The van der Waals surface area contributed by atoms with E-state index in [1.807, 2.05) is 24.8 Å². The fraction of sp³-hybridized carbons (Fsp3) is 0.545. The summed E-state index contributed by atoms with van der Waals surface area (Å²) in [7, 11) is 0. The van der Waals surface area contributed by atoms with Crippen molar-refractivity contribution in [2.75, 3.05) is 18.1 Å². The molecular weight excluding hydrogens is 204 g/mol. The van der Waals surface area contributed by atoms with Gasteiger partial charge in [0.15, 0.2) is 0 Å². The Morgan fingerprint density at radius 2 is 2.31 bits per heavy atom. The predicted octanol–water partition coefficient (Wildman–Crippen LogP) is 0.945. The summed E-state index contributed by atoms with van der Waals surface area (Å²) in [6.45, 7) is 4.88. The van der Waals surface area contributed by atoms with Crippen LogP contribution in [0.5, 0.6) is 0 Å². The fourth-order valence-electron chi connectivity index (χ4n) is 1.38. The van der Waals surface area contributed by atoms with Gasteiger partial charge in [-0.3, -0.25) is 0 Å². The SMILES string of the molecule is CC(C)N(CCCO)c1nccc(C#N)n1. The summed E-state index contributed by atoms with van der Waals surface area (Å²) >= 11 is 0. The molecule has 5 nitrogen and oxygen atoms in total. The highest BCUT2D eigenvalue weighted by Gasteiger charge is 2.13. The molecule has 0 saturated carbocycles. The first-order chi connectivity index (χ1) is 7.69. The summed E-state index contributed by atoms with van der Waals surface area (Å²) in [4.78, 5) is 10.3. The minimum atomic E-state index is 0.140. The Labute approximate surface area is 95.4 Å². The Bertz CT molecular complexity index is 372. The Hall–Kier alpha value is -1.67. The molecule has 0 aliphatic carbocycles.